The second-order valence-corrected chi connectivity index (χ2v) is 7.73. The maximum absolute atomic E-state index is 12.8. The number of nitrogens with one attached hydrogen (secondary N) is 1. The number of fused-ring (bicyclic) bond motifs is 1. The van der Waals surface area contributed by atoms with E-state index in [-0.39, 0.29) is 17.9 Å². The first kappa shape index (κ1) is 20.1. The fraction of sp³-hybridized carbons (Fsp3) is 0.417. The van der Waals surface area contributed by atoms with Crippen LogP contribution in [0.4, 0.5) is 0 Å². The molecule has 1 aromatic heterocycles. The summed E-state index contributed by atoms with van der Waals surface area (Å²) < 4.78 is 2.31. The van der Waals surface area contributed by atoms with Crippen LogP contribution in [0.1, 0.15) is 68.7 Å². The number of imidazole rings is 1. The molecule has 1 N–H and O–H groups in total. The summed E-state index contributed by atoms with van der Waals surface area (Å²) in [6, 6.07) is 17.5. The molecule has 2 aromatic carbocycles. The third kappa shape index (κ3) is 4.61. The Morgan fingerprint density at radius 2 is 1.71 bits per heavy atom. The van der Waals surface area contributed by atoms with Crippen LogP contribution in [0.25, 0.3) is 11.0 Å². The highest BCUT2D eigenvalue weighted by Crippen LogP contribution is 2.27. The summed E-state index contributed by atoms with van der Waals surface area (Å²) in [6.07, 6.45) is 4.81. The molecule has 148 valence electrons. The van der Waals surface area contributed by atoms with Crippen molar-refractivity contribution < 1.29 is 4.79 Å². The number of carbonyl (C=O) groups excluding carboxylic acids is 1. The van der Waals surface area contributed by atoms with Crippen LogP contribution in [0, 0.1) is 5.92 Å². The summed E-state index contributed by atoms with van der Waals surface area (Å²) in [4.78, 5) is 17.7. The maximum atomic E-state index is 12.8. The molecule has 1 amide bonds. The average Bonchev–Trinajstić information content (AvgIpc) is 3.08. The molecule has 0 saturated carbocycles. The Kier molecular flexibility index (Phi) is 6.85. The molecule has 0 aliphatic heterocycles. The Labute approximate surface area is 168 Å². The van der Waals surface area contributed by atoms with Gasteiger partial charge in [-0.05, 0) is 36.6 Å². The van der Waals surface area contributed by atoms with E-state index in [2.05, 4.69) is 48.9 Å². The number of rotatable bonds is 9. The predicted molar refractivity (Wildman–Crippen MR) is 115 cm³/mol. The zero-order valence-electron chi connectivity index (χ0n) is 17.2. The first-order valence-electron chi connectivity index (χ1n) is 10.4. The lowest BCUT2D eigenvalue weighted by atomic mass is 10.0. The number of nitrogens with zero attached hydrogens (tertiary/aromatic N) is 2. The molecule has 0 aliphatic rings. The number of para-hydroxylation sites is 2. The number of aromatic nitrogens is 2. The van der Waals surface area contributed by atoms with E-state index in [0.717, 1.165) is 29.8 Å². The minimum atomic E-state index is -0.133. The Morgan fingerprint density at radius 3 is 2.43 bits per heavy atom. The van der Waals surface area contributed by atoms with E-state index in [1.165, 1.54) is 19.3 Å². The SMILES string of the molecule is CCCCCCn1c(C(NC(=O)c2ccccc2)C(C)C)nc2ccccc21. The van der Waals surface area contributed by atoms with Gasteiger partial charge < -0.3 is 9.88 Å². The molecule has 1 heterocycles. The molecule has 0 aliphatic carbocycles. The summed E-state index contributed by atoms with van der Waals surface area (Å²) in [5, 5.41) is 3.23. The predicted octanol–water partition coefficient (Wildman–Crippen LogP) is 5.74. The number of hydrogen-bond acceptors (Lipinski definition) is 2. The third-order valence-corrected chi connectivity index (χ3v) is 5.19. The number of hydrogen-bond donors (Lipinski definition) is 1. The fourth-order valence-electron chi connectivity index (χ4n) is 3.61. The van der Waals surface area contributed by atoms with Gasteiger partial charge in [-0.2, -0.15) is 0 Å². The standard InChI is InChI=1S/C24H31N3O/c1-4-5-6-12-17-27-21-16-11-10-15-20(21)25-23(27)22(18(2)3)26-24(28)19-13-8-7-9-14-19/h7-11,13-16,18,22H,4-6,12,17H2,1-3H3,(H,26,28). The lowest BCUT2D eigenvalue weighted by molar-refractivity contribution is 0.0922. The van der Waals surface area contributed by atoms with E-state index in [1.807, 2.05) is 36.4 Å². The molecule has 1 unspecified atom stereocenters. The van der Waals surface area contributed by atoms with Crippen molar-refractivity contribution in [2.75, 3.05) is 0 Å². The maximum Gasteiger partial charge on any atom is 0.251 e. The van der Waals surface area contributed by atoms with Gasteiger partial charge in [0.2, 0.25) is 0 Å². The van der Waals surface area contributed by atoms with E-state index in [9.17, 15) is 4.79 Å². The molecular weight excluding hydrogens is 346 g/mol. The van der Waals surface area contributed by atoms with E-state index in [0.29, 0.717) is 5.56 Å². The summed E-state index contributed by atoms with van der Waals surface area (Å²) >= 11 is 0. The first-order chi connectivity index (χ1) is 13.6. The van der Waals surface area contributed by atoms with Gasteiger partial charge >= 0.3 is 0 Å². The van der Waals surface area contributed by atoms with Gasteiger partial charge in [-0.3, -0.25) is 4.79 Å². The van der Waals surface area contributed by atoms with E-state index in [4.69, 9.17) is 4.98 Å². The van der Waals surface area contributed by atoms with Crippen molar-refractivity contribution in [2.24, 2.45) is 5.92 Å². The van der Waals surface area contributed by atoms with Crippen LogP contribution in [0.3, 0.4) is 0 Å². The monoisotopic (exact) mass is 377 g/mol. The van der Waals surface area contributed by atoms with Gasteiger partial charge in [-0.1, -0.05) is 70.4 Å². The lowest BCUT2D eigenvalue weighted by Gasteiger charge is -2.23. The zero-order chi connectivity index (χ0) is 19.9. The Bertz CT molecular complexity index is 899. The number of benzene rings is 2. The normalized spacial score (nSPS) is 12.4. The van der Waals surface area contributed by atoms with Crippen LogP contribution in [-0.4, -0.2) is 15.5 Å². The summed E-state index contributed by atoms with van der Waals surface area (Å²) in [5.74, 6) is 1.14. The van der Waals surface area contributed by atoms with Crippen LogP contribution in [0.15, 0.2) is 54.6 Å². The zero-order valence-corrected chi connectivity index (χ0v) is 17.2. The van der Waals surface area contributed by atoms with Gasteiger partial charge in [-0.25, -0.2) is 4.98 Å². The molecule has 0 spiro atoms. The Hall–Kier alpha value is -2.62. The topological polar surface area (TPSA) is 46.9 Å². The van der Waals surface area contributed by atoms with Crippen LogP contribution in [0.2, 0.25) is 0 Å². The quantitative estimate of drug-likeness (QED) is 0.483. The Balaban J connectivity index is 1.92. The molecule has 0 saturated heterocycles. The summed E-state index contributed by atoms with van der Waals surface area (Å²) in [5.41, 5.74) is 2.82. The number of carbonyl (C=O) groups is 1. The molecule has 3 rings (SSSR count). The molecule has 3 aromatic rings. The van der Waals surface area contributed by atoms with Crippen LogP contribution in [0.5, 0.6) is 0 Å². The number of aryl methyl sites for hydroxylation is 1. The molecule has 1 atom stereocenters. The molecular formula is C24H31N3O. The molecule has 0 radical (unpaired) electrons. The van der Waals surface area contributed by atoms with E-state index >= 15 is 0 Å². The van der Waals surface area contributed by atoms with Gasteiger partial charge in [0.1, 0.15) is 5.82 Å². The van der Waals surface area contributed by atoms with Gasteiger partial charge in [-0.15, -0.1) is 0 Å². The highest BCUT2D eigenvalue weighted by molar-refractivity contribution is 5.94. The van der Waals surface area contributed by atoms with Crippen LogP contribution in [-0.2, 0) is 6.54 Å². The molecule has 28 heavy (non-hydrogen) atoms. The third-order valence-electron chi connectivity index (χ3n) is 5.19. The van der Waals surface area contributed by atoms with Gasteiger partial charge in [0.25, 0.3) is 5.91 Å². The second-order valence-electron chi connectivity index (χ2n) is 7.73. The second kappa shape index (κ2) is 9.54. The molecule has 4 heteroatoms. The average molecular weight is 378 g/mol. The van der Waals surface area contributed by atoms with E-state index < -0.39 is 0 Å². The van der Waals surface area contributed by atoms with Gasteiger partial charge in [0.05, 0.1) is 17.1 Å². The number of unbranched alkanes of at least 4 members (excludes halogenated alkanes) is 3. The lowest BCUT2D eigenvalue weighted by Crippen LogP contribution is -2.33. The van der Waals surface area contributed by atoms with Crippen molar-refractivity contribution in [3.8, 4) is 0 Å². The summed E-state index contributed by atoms with van der Waals surface area (Å²) in [7, 11) is 0. The molecule has 4 nitrogen and oxygen atoms in total. The van der Waals surface area contributed by atoms with Crippen LogP contribution >= 0.6 is 0 Å². The van der Waals surface area contributed by atoms with Gasteiger partial charge in [0, 0.05) is 12.1 Å². The van der Waals surface area contributed by atoms with Crippen LogP contribution < -0.4 is 5.32 Å². The molecule has 0 bridgehead atoms. The van der Waals surface area contributed by atoms with Crippen molar-refractivity contribution >= 4 is 16.9 Å². The largest absolute Gasteiger partial charge is 0.342 e. The highest BCUT2D eigenvalue weighted by atomic mass is 16.1. The van der Waals surface area contributed by atoms with Crippen molar-refractivity contribution in [1.29, 1.82) is 0 Å². The van der Waals surface area contributed by atoms with Crippen molar-refractivity contribution in [3.63, 3.8) is 0 Å². The minimum absolute atomic E-state index is 0.0520. The van der Waals surface area contributed by atoms with Crippen molar-refractivity contribution in [1.82, 2.24) is 14.9 Å². The number of amides is 1. The van der Waals surface area contributed by atoms with Gasteiger partial charge in [0.15, 0.2) is 0 Å². The smallest absolute Gasteiger partial charge is 0.251 e. The van der Waals surface area contributed by atoms with Crippen molar-refractivity contribution in [2.45, 2.75) is 59.0 Å². The van der Waals surface area contributed by atoms with E-state index in [1.54, 1.807) is 0 Å². The minimum Gasteiger partial charge on any atom is -0.342 e. The Morgan fingerprint density at radius 1 is 1.00 bits per heavy atom. The molecule has 0 fully saturated rings. The first-order valence-corrected chi connectivity index (χ1v) is 10.4. The fourth-order valence-corrected chi connectivity index (χ4v) is 3.61. The van der Waals surface area contributed by atoms with Crippen molar-refractivity contribution in [3.05, 3.63) is 66.0 Å². The summed E-state index contributed by atoms with van der Waals surface area (Å²) in [6.45, 7) is 7.43. The highest BCUT2D eigenvalue weighted by Gasteiger charge is 2.25.